The van der Waals surface area contributed by atoms with Crippen LogP contribution in [0.4, 0.5) is 8.78 Å². The van der Waals surface area contributed by atoms with Gasteiger partial charge in [-0.05, 0) is 24.6 Å². The molecule has 0 radical (unpaired) electrons. The first-order valence-corrected chi connectivity index (χ1v) is 7.40. The Hall–Kier alpha value is -1.09. The van der Waals surface area contributed by atoms with Crippen LogP contribution in [0.2, 0.25) is 0 Å². The van der Waals surface area contributed by atoms with Crippen LogP contribution in [0.25, 0.3) is 0 Å². The van der Waals surface area contributed by atoms with E-state index in [1.807, 2.05) is 0 Å². The van der Waals surface area contributed by atoms with Gasteiger partial charge in [0.2, 0.25) is 10.0 Å². The van der Waals surface area contributed by atoms with Gasteiger partial charge in [-0.15, -0.1) is 0 Å². The molecule has 0 aliphatic heterocycles. The largest absolute Gasteiger partial charge is 0.395 e. The zero-order chi connectivity index (χ0) is 15.3. The van der Waals surface area contributed by atoms with Crippen LogP contribution in [-0.2, 0) is 10.0 Å². The molecule has 0 aliphatic carbocycles. The maximum absolute atomic E-state index is 12.4. The average Bonchev–Trinajstić information content (AvgIpc) is 2.37. The standard InChI is InChI=1S/C12H17F2NO4S/c1-9(17)10-2-4-11(5-3-10)20(18,19)15(6-7-16)8-12(13)14/h2-5,9,12,16-17H,6-8H2,1H3. The molecule has 0 aromatic heterocycles. The number of alkyl halides is 2. The highest BCUT2D eigenvalue weighted by molar-refractivity contribution is 7.89. The van der Waals surface area contributed by atoms with Crippen molar-refractivity contribution in [3.63, 3.8) is 0 Å². The molecule has 0 fully saturated rings. The van der Waals surface area contributed by atoms with Crippen molar-refractivity contribution in [2.45, 2.75) is 24.3 Å². The van der Waals surface area contributed by atoms with Gasteiger partial charge in [0.1, 0.15) is 0 Å². The van der Waals surface area contributed by atoms with Gasteiger partial charge in [-0.3, -0.25) is 0 Å². The van der Waals surface area contributed by atoms with Crippen molar-refractivity contribution < 1.29 is 27.4 Å². The zero-order valence-corrected chi connectivity index (χ0v) is 11.7. The van der Waals surface area contributed by atoms with Crippen molar-refractivity contribution in [3.05, 3.63) is 29.8 Å². The fourth-order valence-corrected chi connectivity index (χ4v) is 3.05. The van der Waals surface area contributed by atoms with Gasteiger partial charge >= 0.3 is 0 Å². The zero-order valence-electron chi connectivity index (χ0n) is 10.9. The van der Waals surface area contributed by atoms with Crippen LogP contribution in [0.5, 0.6) is 0 Å². The summed E-state index contributed by atoms with van der Waals surface area (Å²) in [5, 5.41) is 18.1. The molecule has 20 heavy (non-hydrogen) atoms. The van der Waals surface area contributed by atoms with E-state index in [0.717, 1.165) is 0 Å². The van der Waals surface area contributed by atoms with E-state index >= 15 is 0 Å². The van der Waals surface area contributed by atoms with Gasteiger partial charge in [-0.1, -0.05) is 12.1 Å². The minimum absolute atomic E-state index is 0.156. The third-order valence-electron chi connectivity index (χ3n) is 2.69. The molecule has 8 heteroatoms. The van der Waals surface area contributed by atoms with E-state index in [0.29, 0.717) is 9.87 Å². The lowest BCUT2D eigenvalue weighted by Crippen LogP contribution is -2.37. The molecule has 1 rings (SSSR count). The predicted octanol–water partition coefficient (Wildman–Crippen LogP) is 0.988. The van der Waals surface area contributed by atoms with Crippen molar-refractivity contribution in [2.24, 2.45) is 0 Å². The number of rotatable bonds is 7. The quantitative estimate of drug-likeness (QED) is 0.787. The first-order valence-electron chi connectivity index (χ1n) is 5.96. The molecule has 0 heterocycles. The van der Waals surface area contributed by atoms with E-state index in [1.54, 1.807) is 0 Å². The van der Waals surface area contributed by atoms with Gasteiger partial charge < -0.3 is 10.2 Å². The Bertz CT molecular complexity index is 517. The lowest BCUT2D eigenvalue weighted by Gasteiger charge is -2.21. The van der Waals surface area contributed by atoms with E-state index < -0.39 is 42.2 Å². The Morgan fingerprint density at radius 3 is 2.20 bits per heavy atom. The number of sulfonamides is 1. The maximum Gasteiger partial charge on any atom is 0.252 e. The molecular weight excluding hydrogens is 292 g/mol. The number of aliphatic hydroxyl groups excluding tert-OH is 2. The van der Waals surface area contributed by atoms with E-state index in [2.05, 4.69) is 0 Å². The number of hydrogen-bond acceptors (Lipinski definition) is 4. The minimum Gasteiger partial charge on any atom is -0.395 e. The monoisotopic (exact) mass is 309 g/mol. The number of halogens is 2. The minimum atomic E-state index is -4.09. The molecule has 1 aromatic rings. The lowest BCUT2D eigenvalue weighted by atomic mass is 10.1. The number of hydrogen-bond donors (Lipinski definition) is 2. The van der Waals surface area contributed by atoms with Crippen molar-refractivity contribution in [1.29, 1.82) is 0 Å². The van der Waals surface area contributed by atoms with Crippen molar-refractivity contribution >= 4 is 10.0 Å². The Morgan fingerprint density at radius 1 is 1.25 bits per heavy atom. The predicted molar refractivity (Wildman–Crippen MR) is 68.9 cm³/mol. The Kier molecular flexibility index (Phi) is 6.00. The molecule has 0 aliphatic rings. The first-order chi connectivity index (χ1) is 9.28. The molecule has 0 bridgehead atoms. The molecule has 1 atom stereocenters. The van der Waals surface area contributed by atoms with Crippen molar-refractivity contribution in [1.82, 2.24) is 4.31 Å². The molecule has 1 aromatic carbocycles. The fraction of sp³-hybridized carbons (Fsp3) is 0.500. The SMILES string of the molecule is CC(O)c1ccc(S(=O)(=O)N(CCO)CC(F)F)cc1. The normalized spacial score (nSPS) is 13.9. The van der Waals surface area contributed by atoms with Crippen LogP contribution >= 0.6 is 0 Å². The summed E-state index contributed by atoms with van der Waals surface area (Å²) < 4.78 is 49.7. The number of nitrogens with zero attached hydrogens (tertiary/aromatic N) is 1. The summed E-state index contributed by atoms with van der Waals surface area (Å²) in [6.45, 7) is -0.387. The van der Waals surface area contributed by atoms with Gasteiger partial charge in [0, 0.05) is 6.54 Å². The summed E-state index contributed by atoms with van der Waals surface area (Å²) in [7, 11) is -4.09. The lowest BCUT2D eigenvalue weighted by molar-refractivity contribution is 0.113. The molecule has 114 valence electrons. The van der Waals surface area contributed by atoms with E-state index in [-0.39, 0.29) is 4.90 Å². The van der Waals surface area contributed by atoms with Gasteiger partial charge in [0.25, 0.3) is 6.43 Å². The van der Waals surface area contributed by atoms with E-state index in [1.165, 1.54) is 31.2 Å². The van der Waals surface area contributed by atoms with Gasteiger partial charge in [-0.2, -0.15) is 4.31 Å². The molecule has 0 saturated carbocycles. The maximum atomic E-state index is 12.4. The second kappa shape index (κ2) is 7.07. The highest BCUT2D eigenvalue weighted by Gasteiger charge is 2.26. The molecule has 2 N–H and O–H groups in total. The highest BCUT2D eigenvalue weighted by atomic mass is 32.2. The van der Waals surface area contributed by atoms with Crippen LogP contribution < -0.4 is 0 Å². The van der Waals surface area contributed by atoms with Crippen LogP contribution in [0.3, 0.4) is 0 Å². The third kappa shape index (κ3) is 4.20. The van der Waals surface area contributed by atoms with Gasteiger partial charge in [0.15, 0.2) is 0 Å². The summed E-state index contributed by atoms with van der Waals surface area (Å²) in [4.78, 5) is -0.156. The topological polar surface area (TPSA) is 77.8 Å². The van der Waals surface area contributed by atoms with E-state index in [9.17, 15) is 22.3 Å². The summed E-state index contributed by atoms with van der Waals surface area (Å²) in [5.41, 5.74) is 0.520. The molecule has 5 nitrogen and oxygen atoms in total. The molecule has 0 spiro atoms. The number of benzene rings is 1. The smallest absolute Gasteiger partial charge is 0.252 e. The van der Waals surface area contributed by atoms with Crippen LogP contribution in [0.15, 0.2) is 29.2 Å². The summed E-state index contributed by atoms with van der Waals surface area (Å²) >= 11 is 0. The first kappa shape index (κ1) is 17.0. The van der Waals surface area contributed by atoms with Crippen LogP contribution in [-0.4, -0.2) is 49.1 Å². The average molecular weight is 309 g/mol. The van der Waals surface area contributed by atoms with Crippen molar-refractivity contribution in [2.75, 3.05) is 19.7 Å². The Labute approximate surface area is 116 Å². The molecule has 0 saturated heterocycles. The second-order valence-electron chi connectivity index (χ2n) is 4.22. The Balaban J connectivity index is 3.05. The van der Waals surface area contributed by atoms with Crippen LogP contribution in [0.1, 0.15) is 18.6 Å². The molecule has 0 amide bonds. The third-order valence-corrected chi connectivity index (χ3v) is 4.57. The van der Waals surface area contributed by atoms with Crippen LogP contribution in [0, 0.1) is 0 Å². The molecule has 1 unspecified atom stereocenters. The molecular formula is C12H17F2NO4S. The van der Waals surface area contributed by atoms with Gasteiger partial charge in [-0.25, -0.2) is 17.2 Å². The Morgan fingerprint density at radius 2 is 1.80 bits per heavy atom. The number of aliphatic hydroxyl groups is 2. The van der Waals surface area contributed by atoms with E-state index in [4.69, 9.17) is 5.11 Å². The highest BCUT2D eigenvalue weighted by Crippen LogP contribution is 2.20. The van der Waals surface area contributed by atoms with Crippen molar-refractivity contribution in [3.8, 4) is 0 Å². The second-order valence-corrected chi connectivity index (χ2v) is 6.16. The summed E-state index contributed by atoms with van der Waals surface area (Å²) in [5.74, 6) is 0. The fourth-order valence-electron chi connectivity index (χ4n) is 1.64. The summed E-state index contributed by atoms with van der Waals surface area (Å²) in [6.07, 6.45) is -3.57. The summed E-state index contributed by atoms with van der Waals surface area (Å²) in [6, 6.07) is 5.31. The van der Waals surface area contributed by atoms with Gasteiger partial charge in [0.05, 0.1) is 24.2 Å².